The maximum absolute atomic E-state index is 12.8. The standard InChI is InChI=1S/C13H22N2O3S2/c1-9-12(19-10(2)14-9)20(17,18)15-6-5-11(16)7-13(3,4)8-15/h11,16H,5-8H2,1-4H3. The van der Waals surface area contributed by atoms with Crippen molar-refractivity contribution in [2.45, 2.75) is 50.8 Å². The Kier molecular flexibility index (Phi) is 4.26. The second-order valence-corrected chi connectivity index (χ2v) is 9.59. The topological polar surface area (TPSA) is 70.5 Å². The predicted octanol–water partition coefficient (Wildman–Crippen LogP) is 1.93. The molecule has 0 aliphatic carbocycles. The van der Waals surface area contributed by atoms with Gasteiger partial charge in [0.05, 0.1) is 16.8 Å². The van der Waals surface area contributed by atoms with Crippen LogP contribution in [0.1, 0.15) is 37.4 Å². The molecule has 0 aromatic carbocycles. The Hall–Kier alpha value is -0.500. The van der Waals surface area contributed by atoms with Crippen molar-refractivity contribution in [2.24, 2.45) is 5.41 Å². The van der Waals surface area contributed by atoms with E-state index in [2.05, 4.69) is 4.98 Å². The average molecular weight is 318 g/mol. The van der Waals surface area contributed by atoms with Gasteiger partial charge >= 0.3 is 0 Å². The zero-order valence-electron chi connectivity index (χ0n) is 12.4. The highest BCUT2D eigenvalue weighted by molar-refractivity contribution is 7.91. The van der Waals surface area contributed by atoms with Gasteiger partial charge in [-0.25, -0.2) is 13.4 Å². The molecule has 1 aromatic rings. The van der Waals surface area contributed by atoms with E-state index in [0.717, 1.165) is 5.01 Å². The van der Waals surface area contributed by atoms with Gasteiger partial charge in [0.1, 0.15) is 0 Å². The van der Waals surface area contributed by atoms with E-state index in [4.69, 9.17) is 0 Å². The van der Waals surface area contributed by atoms with Gasteiger partial charge in [-0.3, -0.25) is 0 Å². The molecule has 7 heteroatoms. The molecule has 1 atom stereocenters. The van der Waals surface area contributed by atoms with E-state index in [1.165, 1.54) is 15.6 Å². The predicted molar refractivity (Wildman–Crippen MR) is 79.4 cm³/mol. The number of thiazole rings is 1. The highest BCUT2D eigenvalue weighted by atomic mass is 32.2. The molecule has 0 bridgehead atoms. The summed E-state index contributed by atoms with van der Waals surface area (Å²) < 4.78 is 27.4. The molecule has 0 amide bonds. The molecule has 2 rings (SSSR count). The number of aryl methyl sites for hydroxylation is 2. The summed E-state index contributed by atoms with van der Waals surface area (Å²) in [6.45, 7) is 8.33. The molecule has 0 spiro atoms. The first kappa shape index (κ1) is 15.9. The van der Waals surface area contributed by atoms with Crippen LogP contribution in [-0.2, 0) is 10.0 Å². The zero-order chi connectivity index (χ0) is 15.1. The third-order valence-corrected chi connectivity index (χ3v) is 7.04. The van der Waals surface area contributed by atoms with E-state index < -0.39 is 16.1 Å². The molecule has 5 nitrogen and oxygen atoms in total. The second kappa shape index (κ2) is 5.36. The van der Waals surface area contributed by atoms with Crippen LogP contribution in [0.4, 0.5) is 0 Å². The zero-order valence-corrected chi connectivity index (χ0v) is 14.0. The minimum Gasteiger partial charge on any atom is -0.393 e. The van der Waals surface area contributed by atoms with Gasteiger partial charge in [-0.2, -0.15) is 4.31 Å². The summed E-state index contributed by atoms with van der Waals surface area (Å²) in [7, 11) is -3.51. The van der Waals surface area contributed by atoms with Crippen LogP contribution in [-0.4, -0.2) is 42.0 Å². The molecule has 2 heterocycles. The molecule has 1 aliphatic heterocycles. The smallest absolute Gasteiger partial charge is 0.254 e. The number of hydrogen-bond donors (Lipinski definition) is 1. The monoisotopic (exact) mass is 318 g/mol. The molecule has 1 aromatic heterocycles. The Morgan fingerprint density at radius 3 is 2.60 bits per heavy atom. The van der Waals surface area contributed by atoms with E-state index in [1.54, 1.807) is 6.92 Å². The maximum Gasteiger partial charge on any atom is 0.254 e. The van der Waals surface area contributed by atoms with Crippen LogP contribution >= 0.6 is 11.3 Å². The SMILES string of the molecule is Cc1nc(C)c(S(=O)(=O)N2CCC(O)CC(C)(C)C2)s1. The van der Waals surface area contributed by atoms with Crippen molar-refractivity contribution in [1.82, 2.24) is 9.29 Å². The molecule has 1 N–H and O–H groups in total. The highest BCUT2D eigenvalue weighted by Gasteiger charge is 2.36. The molecule has 0 saturated carbocycles. The number of sulfonamides is 1. The minimum absolute atomic E-state index is 0.226. The summed E-state index contributed by atoms with van der Waals surface area (Å²) in [5, 5.41) is 10.7. The summed E-state index contributed by atoms with van der Waals surface area (Å²) >= 11 is 1.22. The average Bonchev–Trinajstić information content (AvgIpc) is 2.55. The van der Waals surface area contributed by atoms with Crippen LogP contribution in [0.25, 0.3) is 0 Å². The minimum atomic E-state index is -3.51. The van der Waals surface area contributed by atoms with E-state index in [1.807, 2.05) is 20.8 Å². The molecule has 1 aliphatic rings. The number of aromatic nitrogens is 1. The molecule has 0 radical (unpaired) electrons. The van der Waals surface area contributed by atoms with Crippen LogP contribution in [0.2, 0.25) is 0 Å². The van der Waals surface area contributed by atoms with Gasteiger partial charge in [0.2, 0.25) is 0 Å². The highest BCUT2D eigenvalue weighted by Crippen LogP contribution is 2.33. The molecule has 114 valence electrons. The van der Waals surface area contributed by atoms with Crippen molar-refractivity contribution in [3.05, 3.63) is 10.7 Å². The van der Waals surface area contributed by atoms with Crippen molar-refractivity contribution in [1.29, 1.82) is 0 Å². The fourth-order valence-electron chi connectivity index (χ4n) is 2.73. The normalized spacial score (nSPS) is 24.6. The lowest BCUT2D eigenvalue weighted by Crippen LogP contribution is -2.37. The fourth-order valence-corrected chi connectivity index (χ4v) is 5.99. The largest absolute Gasteiger partial charge is 0.393 e. The van der Waals surface area contributed by atoms with Crippen LogP contribution in [0, 0.1) is 19.3 Å². The molecule has 20 heavy (non-hydrogen) atoms. The van der Waals surface area contributed by atoms with Crippen LogP contribution in [0.3, 0.4) is 0 Å². The number of rotatable bonds is 2. The lowest BCUT2D eigenvalue weighted by atomic mass is 9.87. The van der Waals surface area contributed by atoms with Gasteiger partial charge < -0.3 is 5.11 Å². The van der Waals surface area contributed by atoms with Crippen molar-refractivity contribution in [3.8, 4) is 0 Å². The first-order valence-corrected chi connectivity index (χ1v) is 9.00. The summed E-state index contributed by atoms with van der Waals surface area (Å²) in [6, 6.07) is 0. The first-order valence-electron chi connectivity index (χ1n) is 6.74. The lowest BCUT2D eigenvalue weighted by molar-refractivity contribution is 0.122. The Bertz CT molecular complexity index is 593. The van der Waals surface area contributed by atoms with E-state index in [-0.39, 0.29) is 5.41 Å². The van der Waals surface area contributed by atoms with E-state index >= 15 is 0 Å². The lowest BCUT2D eigenvalue weighted by Gasteiger charge is -2.28. The van der Waals surface area contributed by atoms with Crippen molar-refractivity contribution >= 4 is 21.4 Å². The number of nitrogens with zero attached hydrogens (tertiary/aromatic N) is 2. The van der Waals surface area contributed by atoms with Gasteiger partial charge in [0.15, 0.2) is 4.21 Å². The molecular formula is C13H22N2O3S2. The summed E-state index contributed by atoms with van der Waals surface area (Å²) in [5.74, 6) is 0. The van der Waals surface area contributed by atoms with Gasteiger partial charge in [-0.1, -0.05) is 13.8 Å². The molecular weight excluding hydrogens is 296 g/mol. The van der Waals surface area contributed by atoms with Gasteiger partial charge in [-0.15, -0.1) is 11.3 Å². The fraction of sp³-hybridized carbons (Fsp3) is 0.769. The molecule has 1 saturated heterocycles. The summed E-state index contributed by atoms with van der Waals surface area (Å²) in [5.41, 5.74) is 0.339. The van der Waals surface area contributed by atoms with Crippen LogP contribution < -0.4 is 0 Å². The number of aliphatic hydroxyl groups excluding tert-OH is 1. The Morgan fingerprint density at radius 1 is 1.40 bits per heavy atom. The van der Waals surface area contributed by atoms with Crippen molar-refractivity contribution < 1.29 is 13.5 Å². The molecule has 1 fully saturated rings. The van der Waals surface area contributed by atoms with Crippen LogP contribution in [0.15, 0.2) is 4.21 Å². The Labute approximate surface area is 124 Å². The third-order valence-electron chi connectivity index (χ3n) is 3.54. The van der Waals surface area contributed by atoms with Crippen molar-refractivity contribution in [2.75, 3.05) is 13.1 Å². The molecule has 1 unspecified atom stereocenters. The van der Waals surface area contributed by atoms with Crippen molar-refractivity contribution in [3.63, 3.8) is 0 Å². The van der Waals surface area contributed by atoms with E-state index in [0.29, 0.717) is 35.8 Å². The maximum atomic E-state index is 12.8. The van der Waals surface area contributed by atoms with Gasteiger partial charge in [0, 0.05) is 13.1 Å². The third kappa shape index (κ3) is 3.21. The quantitative estimate of drug-likeness (QED) is 0.904. The summed E-state index contributed by atoms with van der Waals surface area (Å²) in [4.78, 5) is 4.21. The number of aliphatic hydroxyl groups is 1. The number of hydrogen-bond acceptors (Lipinski definition) is 5. The Balaban J connectivity index is 2.36. The van der Waals surface area contributed by atoms with Gasteiger partial charge in [0.25, 0.3) is 10.0 Å². The van der Waals surface area contributed by atoms with Crippen LogP contribution in [0.5, 0.6) is 0 Å². The van der Waals surface area contributed by atoms with Gasteiger partial charge in [-0.05, 0) is 32.1 Å². The Morgan fingerprint density at radius 2 is 2.05 bits per heavy atom. The summed E-state index contributed by atoms with van der Waals surface area (Å²) in [6.07, 6.45) is 0.675. The first-order chi connectivity index (χ1) is 9.12. The van der Waals surface area contributed by atoms with E-state index in [9.17, 15) is 13.5 Å². The second-order valence-electron chi connectivity index (χ2n) is 6.26.